The molecule has 4 rings (SSSR count). The smallest absolute Gasteiger partial charge is 0.141 e. The summed E-state index contributed by atoms with van der Waals surface area (Å²) in [7, 11) is 0. The molecule has 1 aliphatic rings. The second-order valence-electron chi connectivity index (χ2n) is 5.92. The maximum Gasteiger partial charge on any atom is 0.141 e. The first-order chi connectivity index (χ1) is 12.6. The quantitative estimate of drug-likeness (QED) is 0.635. The molecule has 0 saturated carbocycles. The molecule has 134 valence electrons. The lowest BCUT2D eigenvalue weighted by Gasteiger charge is -2.15. The van der Waals surface area contributed by atoms with Gasteiger partial charge in [0.15, 0.2) is 0 Å². The SMILES string of the molecule is Fc1ccc(Nc2ncnc3cc(OC4CCOC4)c(S)cc23)cc1Cl. The molecule has 0 spiro atoms. The highest BCUT2D eigenvalue weighted by Gasteiger charge is 2.19. The predicted octanol–water partition coefficient (Wildman–Crippen LogP) is 4.62. The van der Waals surface area contributed by atoms with Crippen molar-refractivity contribution < 1.29 is 13.9 Å². The number of rotatable bonds is 4. The van der Waals surface area contributed by atoms with Gasteiger partial charge in [-0.1, -0.05) is 11.6 Å². The maximum atomic E-state index is 13.3. The van der Waals surface area contributed by atoms with E-state index in [9.17, 15) is 4.39 Å². The molecule has 2 aromatic carbocycles. The van der Waals surface area contributed by atoms with Crippen molar-refractivity contribution in [2.24, 2.45) is 0 Å². The Morgan fingerprint density at radius 3 is 2.92 bits per heavy atom. The van der Waals surface area contributed by atoms with Crippen LogP contribution < -0.4 is 10.1 Å². The zero-order chi connectivity index (χ0) is 18.1. The summed E-state index contributed by atoms with van der Waals surface area (Å²) < 4.78 is 24.6. The summed E-state index contributed by atoms with van der Waals surface area (Å²) in [4.78, 5) is 9.26. The van der Waals surface area contributed by atoms with E-state index in [-0.39, 0.29) is 11.1 Å². The fourth-order valence-corrected chi connectivity index (χ4v) is 3.19. The third-order valence-electron chi connectivity index (χ3n) is 4.08. The first-order valence-corrected chi connectivity index (χ1v) is 8.87. The van der Waals surface area contributed by atoms with Gasteiger partial charge in [0.2, 0.25) is 0 Å². The Balaban J connectivity index is 1.67. The van der Waals surface area contributed by atoms with Gasteiger partial charge in [-0.15, -0.1) is 12.6 Å². The number of aromatic nitrogens is 2. The van der Waals surface area contributed by atoms with Crippen LogP contribution in [0.4, 0.5) is 15.9 Å². The number of anilines is 2. The molecule has 0 amide bonds. The summed E-state index contributed by atoms with van der Waals surface area (Å²) in [6.07, 6.45) is 2.34. The number of ether oxygens (including phenoxy) is 2. The number of hydrogen-bond acceptors (Lipinski definition) is 6. The van der Waals surface area contributed by atoms with Gasteiger partial charge in [0.25, 0.3) is 0 Å². The van der Waals surface area contributed by atoms with E-state index in [0.717, 1.165) is 11.8 Å². The topological polar surface area (TPSA) is 56.3 Å². The Hall–Kier alpha value is -2.09. The van der Waals surface area contributed by atoms with E-state index in [1.165, 1.54) is 18.5 Å². The van der Waals surface area contributed by atoms with Gasteiger partial charge in [0, 0.05) is 28.5 Å². The molecule has 0 radical (unpaired) electrons. The normalized spacial score (nSPS) is 16.8. The second kappa shape index (κ2) is 7.26. The van der Waals surface area contributed by atoms with E-state index >= 15 is 0 Å². The standard InChI is InChI=1S/C18H15ClFN3O2S/c19-13-5-10(1-2-14(13)20)23-18-12-6-17(26)16(7-15(12)21-9-22-18)25-11-3-4-24-8-11/h1-2,5-7,9,11,26H,3-4,8H2,(H,21,22,23). The maximum absolute atomic E-state index is 13.3. The molecule has 1 aromatic heterocycles. The molecule has 0 aliphatic carbocycles. The minimum absolute atomic E-state index is 0.0270. The van der Waals surface area contributed by atoms with Gasteiger partial charge in [-0.05, 0) is 24.3 Å². The minimum atomic E-state index is -0.472. The van der Waals surface area contributed by atoms with Crippen molar-refractivity contribution in [2.45, 2.75) is 17.4 Å². The third kappa shape index (κ3) is 3.56. The molecule has 1 N–H and O–H groups in total. The van der Waals surface area contributed by atoms with E-state index in [1.54, 1.807) is 6.07 Å². The van der Waals surface area contributed by atoms with Gasteiger partial charge < -0.3 is 14.8 Å². The molecular weight excluding hydrogens is 377 g/mol. The Morgan fingerprint density at radius 2 is 2.15 bits per heavy atom. The van der Waals surface area contributed by atoms with Crippen molar-refractivity contribution in [1.29, 1.82) is 0 Å². The molecular formula is C18H15ClFN3O2S. The largest absolute Gasteiger partial charge is 0.487 e. The van der Waals surface area contributed by atoms with E-state index < -0.39 is 5.82 Å². The predicted molar refractivity (Wildman–Crippen MR) is 101 cm³/mol. The molecule has 1 saturated heterocycles. The summed E-state index contributed by atoms with van der Waals surface area (Å²) >= 11 is 10.4. The second-order valence-corrected chi connectivity index (χ2v) is 6.81. The highest BCUT2D eigenvalue weighted by molar-refractivity contribution is 7.80. The average molecular weight is 392 g/mol. The Bertz CT molecular complexity index is 967. The van der Waals surface area contributed by atoms with Crippen LogP contribution in [-0.4, -0.2) is 29.3 Å². The molecule has 2 heterocycles. The highest BCUT2D eigenvalue weighted by atomic mass is 35.5. The molecule has 1 aliphatic heterocycles. The zero-order valence-corrected chi connectivity index (χ0v) is 15.2. The molecule has 0 bridgehead atoms. The van der Waals surface area contributed by atoms with Crippen LogP contribution in [-0.2, 0) is 4.74 Å². The summed E-state index contributed by atoms with van der Waals surface area (Å²) in [5.41, 5.74) is 1.34. The summed E-state index contributed by atoms with van der Waals surface area (Å²) in [5.74, 6) is 0.759. The Morgan fingerprint density at radius 1 is 1.27 bits per heavy atom. The minimum Gasteiger partial charge on any atom is -0.487 e. The lowest BCUT2D eigenvalue weighted by molar-refractivity contribution is 0.139. The van der Waals surface area contributed by atoms with Crippen molar-refractivity contribution in [2.75, 3.05) is 18.5 Å². The summed E-state index contributed by atoms with van der Waals surface area (Å²) in [6, 6.07) is 8.07. The molecule has 1 atom stereocenters. The molecule has 5 nitrogen and oxygen atoms in total. The zero-order valence-electron chi connectivity index (χ0n) is 13.6. The lowest BCUT2D eigenvalue weighted by atomic mass is 10.2. The van der Waals surface area contributed by atoms with Crippen molar-refractivity contribution in [1.82, 2.24) is 9.97 Å². The van der Waals surface area contributed by atoms with Gasteiger partial charge in [0.1, 0.15) is 29.8 Å². The van der Waals surface area contributed by atoms with E-state index in [2.05, 4.69) is 27.9 Å². The number of nitrogens with zero attached hydrogens (tertiary/aromatic N) is 2. The van der Waals surface area contributed by atoms with E-state index in [1.807, 2.05) is 12.1 Å². The number of hydrogen-bond donors (Lipinski definition) is 2. The van der Waals surface area contributed by atoms with Crippen LogP contribution in [0.1, 0.15) is 6.42 Å². The first kappa shape index (κ1) is 17.3. The van der Waals surface area contributed by atoms with Crippen LogP contribution in [0.3, 0.4) is 0 Å². The van der Waals surface area contributed by atoms with Crippen LogP contribution in [0.15, 0.2) is 41.6 Å². The number of fused-ring (bicyclic) bond motifs is 1. The molecule has 1 unspecified atom stereocenters. The van der Waals surface area contributed by atoms with Gasteiger partial charge in [-0.25, -0.2) is 14.4 Å². The summed E-state index contributed by atoms with van der Waals surface area (Å²) in [5, 5.41) is 3.95. The number of benzene rings is 2. The third-order valence-corrected chi connectivity index (χ3v) is 4.72. The monoisotopic (exact) mass is 391 g/mol. The first-order valence-electron chi connectivity index (χ1n) is 8.04. The van der Waals surface area contributed by atoms with Gasteiger partial charge in [-0.2, -0.15) is 0 Å². The average Bonchev–Trinajstić information content (AvgIpc) is 3.13. The molecule has 8 heteroatoms. The fraction of sp³-hybridized carbons (Fsp3) is 0.222. The van der Waals surface area contributed by atoms with E-state index in [4.69, 9.17) is 21.1 Å². The van der Waals surface area contributed by atoms with Gasteiger partial charge in [-0.3, -0.25) is 0 Å². The van der Waals surface area contributed by atoms with Gasteiger partial charge in [0.05, 0.1) is 23.8 Å². The van der Waals surface area contributed by atoms with Crippen molar-refractivity contribution >= 4 is 46.6 Å². The van der Waals surface area contributed by atoms with Crippen molar-refractivity contribution in [3.8, 4) is 5.75 Å². The Kier molecular flexibility index (Phi) is 4.84. The van der Waals surface area contributed by atoms with Crippen LogP contribution in [0.2, 0.25) is 5.02 Å². The summed E-state index contributed by atoms with van der Waals surface area (Å²) in [6.45, 7) is 1.28. The van der Waals surface area contributed by atoms with Crippen molar-refractivity contribution in [3.05, 3.63) is 47.5 Å². The molecule has 3 aromatic rings. The van der Waals surface area contributed by atoms with Gasteiger partial charge >= 0.3 is 0 Å². The molecule has 1 fully saturated rings. The van der Waals surface area contributed by atoms with Crippen molar-refractivity contribution in [3.63, 3.8) is 0 Å². The Labute approximate surface area is 159 Å². The number of halogens is 2. The fourth-order valence-electron chi connectivity index (χ4n) is 2.76. The molecule has 26 heavy (non-hydrogen) atoms. The van der Waals surface area contributed by atoms with E-state index in [0.29, 0.717) is 40.9 Å². The van der Waals surface area contributed by atoms with Crippen LogP contribution >= 0.6 is 24.2 Å². The number of nitrogens with one attached hydrogen (secondary N) is 1. The number of thiol groups is 1. The van der Waals surface area contributed by atoms with Crippen LogP contribution in [0.5, 0.6) is 5.75 Å². The lowest BCUT2D eigenvalue weighted by Crippen LogP contribution is -2.16. The highest BCUT2D eigenvalue weighted by Crippen LogP contribution is 2.33. The van der Waals surface area contributed by atoms with Crippen LogP contribution in [0.25, 0.3) is 10.9 Å². The van der Waals surface area contributed by atoms with Crippen LogP contribution in [0, 0.1) is 5.82 Å².